The molecule has 2 aromatic rings. The Kier molecular flexibility index (Phi) is 6.96. The first-order valence-electron chi connectivity index (χ1n) is 7.94. The Labute approximate surface area is 157 Å². The molecule has 2 rings (SSSR count). The third kappa shape index (κ3) is 5.42. The van der Waals surface area contributed by atoms with Crippen LogP contribution in [0.4, 0.5) is 0 Å². The Hall–Kier alpha value is -2.16. The second-order valence-corrected chi connectivity index (χ2v) is 7.57. The van der Waals surface area contributed by atoms with Crippen LogP contribution in [-0.4, -0.2) is 32.0 Å². The van der Waals surface area contributed by atoms with Gasteiger partial charge in [-0.15, -0.1) is 0 Å². The molecule has 0 aliphatic carbocycles. The molecule has 0 radical (unpaired) electrons. The molecule has 0 aliphatic rings. The van der Waals surface area contributed by atoms with Crippen LogP contribution in [0.2, 0.25) is 5.02 Å². The van der Waals surface area contributed by atoms with Gasteiger partial charge in [-0.25, -0.2) is 8.42 Å². The molecule has 1 atom stereocenters. The zero-order valence-corrected chi connectivity index (χ0v) is 16.0. The van der Waals surface area contributed by atoms with Crippen molar-refractivity contribution in [2.75, 3.05) is 6.61 Å². The molecule has 26 heavy (non-hydrogen) atoms. The van der Waals surface area contributed by atoms with Gasteiger partial charge < -0.3 is 10.1 Å². The Morgan fingerprint density at radius 1 is 1.35 bits per heavy atom. The number of rotatable bonds is 8. The van der Waals surface area contributed by atoms with Crippen molar-refractivity contribution in [3.63, 3.8) is 0 Å². The number of ether oxygens (including phenoxy) is 1. The van der Waals surface area contributed by atoms with Gasteiger partial charge in [0.2, 0.25) is 15.9 Å². The first-order valence-corrected chi connectivity index (χ1v) is 9.81. The highest BCUT2D eigenvalue weighted by Gasteiger charge is 2.22. The van der Waals surface area contributed by atoms with Crippen molar-refractivity contribution >= 4 is 27.5 Å². The average molecular weight is 398 g/mol. The number of amides is 1. The van der Waals surface area contributed by atoms with E-state index in [9.17, 15) is 13.2 Å². The van der Waals surface area contributed by atoms with Crippen molar-refractivity contribution in [3.05, 3.63) is 53.3 Å². The molecule has 0 unspecified atom stereocenters. The van der Waals surface area contributed by atoms with Crippen LogP contribution in [-0.2, 0) is 21.4 Å². The zero-order chi connectivity index (χ0) is 19.2. The van der Waals surface area contributed by atoms with E-state index in [1.165, 1.54) is 25.1 Å². The van der Waals surface area contributed by atoms with Crippen molar-refractivity contribution in [1.82, 2.24) is 15.0 Å². The van der Waals surface area contributed by atoms with Crippen molar-refractivity contribution < 1.29 is 17.9 Å². The maximum atomic E-state index is 12.4. The highest BCUT2D eigenvalue weighted by Crippen LogP contribution is 2.27. The summed E-state index contributed by atoms with van der Waals surface area (Å²) < 4.78 is 32.5. The van der Waals surface area contributed by atoms with Gasteiger partial charge in [0.15, 0.2) is 0 Å². The first kappa shape index (κ1) is 20.2. The van der Waals surface area contributed by atoms with Crippen LogP contribution in [0.1, 0.15) is 19.4 Å². The summed E-state index contributed by atoms with van der Waals surface area (Å²) in [6.07, 6.45) is 3.25. The second kappa shape index (κ2) is 8.98. The lowest BCUT2D eigenvalue weighted by Crippen LogP contribution is -2.44. The van der Waals surface area contributed by atoms with E-state index in [4.69, 9.17) is 16.3 Å². The number of hydrogen-bond acceptors (Lipinski definition) is 5. The van der Waals surface area contributed by atoms with E-state index in [1.807, 2.05) is 6.07 Å². The van der Waals surface area contributed by atoms with Crippen molar-refractivity contribution in [1.29, 1.82) is 0 Å². The molecule has 0 bridgehead atoms. The topological polar surface area (TPSA) is 97.4 Å². The lowest BCUT2D eigenvalue weighted by Gasteiger charge is -2.15. The molecule has 1 aromatic heterocycles. The summed E-state index contributed by atoms with van der Waals surface area (Å²) in [6.45, 7) is 3.94. The molecule has 7 nitrogen and oxygen atoms in total. The number of aromatic nitrogens is 1. The molecule has 0 aliphatic heterocycles. The highest BCUT2D eigenvalue weighted by molar-refractivity contribution is 7.89. The lowest BCUT2D eigenvalue weighted by molar-refractivity contribution is -0.122. The maximum Gasteiger partial charge on any atom is 0.241 e. The number of hydrogen-bond donors (Lipinski definition) is 2. The summed E-state index contributed by atoms with van der Waals surface area (Å²) in [5.41, 5.74) is 0.814. The molecule has 1 aromatic carbocycles. The number of benzene rings is 1. The van der Waals surface area contributed by atoms with Crippen molar-refractivity contribution in [3.8, 4) is 5.75 Å². The molecule has 1 heterocycles. The third-order valence-electron chi connectivity index (χ3n) is 3.43. The molecule has 0 fully saturated rings. The van der Waals surface area contributed by atoms with Gasteiger partial charge in [0.25, 0.3) is 0 Å². The summed E-state index contributed by atoms with van der Waals surface area (Å²) >= 11 is 6.03. The van der Waals surface area contributed by atoms with E-state index >= 15 is 0 Å². The molecule has 140 valence electrons. The molecular formula is C17H20ClN3O4S. The maximum absolute atomic E-state index is 12.4. The van der Waals surface area contributed by atoms with E-state index < -0.39 is 22.0 Å². The summed E-state index contributed by atoms with van der Waals surface area (Å²) in [7, 11) is -3.90. The minimum absolute atomic E-state index is 0.0436. The largest absolute Gasteiger partial charge is 0.492 e. The molecule has 0 saturated heterocycles. The average Bonchev–Trinajstić information content (AvgIpc) is 2.62. The summed E-state index contributed by atoms with van der Waals surface area (Å²) in [6, 6.07) is 6.75. The van der Waals surface area contributed by atoms with Gasteiger partial charge in [0.05, 0.1) is 22.6 Å². The highest BCUT2D eigenvalue weighted by atomic mass is 35.5. The predicted octanol–water partition coefficient (Wildman–Crippen LogP) is 2.12. The van der Waals surface area contributed by atoms with Crippen LogP contribution >= 0.6 is 11.6 Å². The second-order valence-electron chi connectivity index (χ2n) is 5.45. The van der Waals surface area contributed by atoms with Crippen molar-refractivity contribution in [2.45, 2.75) is 31.3 Å². The van der Waals surface area contributed by atoms with E-state index in [0.29, 0.717) is 12.4 Å². The van der Waals surface area contributed by atoms with Crippen LogP contribution in [0.5, 0.6) is 5.75 Å². The number of carbonyl (C=O) groups is 1. The van der Waals surface area contributed by atoms with Gasteiger partial charge in [-0.1, -0.05) is 17.7 Å². The Balaban J connectivity index is 2.01. The van der Waals surface area contributed by atoms with Gasteiger partial charge >= 0.3 is 0 Å². The molecule has 1 amide bonds. The van der Waals surface area contributed by atoms with Gasteiger partial charge in [0, 0.05) is 18.9 Å². The van der Waals surface area contributed by atoms with E-state index in [1.54, 1.807) is 25.4 Å². The predicted molar refractivity (Wildman–Crippen MR) is 98.5 cm³/mol. The normalized spacial score (nSPS) is 12.4. The number of nitrogens with one attached hydrogen (secondary N) is 2. The molecular weight excluding hydrogens is 378 g/mol. The monoisotopic (exact) mass is 397 g/mol. The van der Waals surface area contributed by atoms with Gasteiger partial charge in [-0.2, -0.15) is 4.72 Å². The van der Waals surface area contributed by atoms with E-state index in [0.717, 1.165) is 5.56 Å². The van der Waals surface area contributed by atoms with E-state index in [-0.39, 0.29) is 16.5 Å². The number of pyridine rings is 1. The van der Waals surface area contributed by atoms with Gasteiger partial charge in [-0.05, 0) is 43.7 Å². The Bertz CT molecular complexity index is 860. The molecule has 9 heteroatoms. The zero-order valence-electron chi connectivity index (χ0n) is 14.4. The summed E-state index contributed by atoms with van der Waals surface area (Å²) in [5.74, 6) is -0.0511. The van der Waals surface area contributed by atoms with Crippen LogP contribution in [0.3, 0.4) is 0 Å². The Morgan fingerprint density at radius 2 is 2.12 bits per heavy atom. The summed E-state index contributed by atoms with van der Waals surface area (Å²) in [5, 5.41) is 2.84. The SMILES string of the molecule is CCOc1ccc(S(=O)(=O)N[C@@H](C)C(=O)NCc2cccnc2)cc1Cl. The third-order valence-corrected chi connectivity index (χ3v) is 5.26. The molecule has 0 spiro atoms. The number of carbonyl (C=O) groups excluding carboxylic acids is 1. The fourth-order valence-corrected chi connectivity index (χ4v) is 3.65. The fourth-order valence-electron chi connectivity index (χ4n) is 2.12. The first-order chi connectivity index (χ1) is 12.3. The number of halogens is 1. The smallest absolute Gasteiger partial charge is 0.241 e. The minimum atomic E-state index is -3.90. The molecule has 2 N–H and O–H groups in total. The van der Waals surface area contributed by atoms with Crippen LogP contribution in [0, 0.1) is 0 Å². The van der Waals surface area contributed by atoms with Crippen LogP contribution in [0.15, 0.2) is 47.6 Å². The quantitative estimate of drug-likeness (QED) is 0.711. The lowest BCUT2D eigenvalue weighted by atomic mass is 10.2. The Morgan fingerprint density at radius 3 is 2.73 bits per heavy atom. The minimum Gasteiger partial charge on any atom is -0.492 e. The standard InChI is InChI=1S/C17H20ClN3O4S/c1-3-25-16-7-6-14(9-15(16)18)26(23,24)21-12(2)17(22)20-11-13-5-4-8-19-10-13/h4-10,12,21H,3,11H2,1-2H3,(H,20,22)/t12-/m0/s1. The number of nitrogens with zero attached hydrogens (tertiary/aromatic N) is 1. The van der Waals surface area contributed by atoms with Crippen molar-refractivity contribution in [2.24, 2.45) is 0 Å². The van der Waals surface area contributed by atoms with Gasteiger partial charge in [-0.3, -0.25) is 9.78 Å². The van der Waals surface area contributed by atoms with Crippen LogP contribution < -0.4 is 14.8 Å². The van der Waals surface area contributed by atoms with Crippen LogP contribution in [0.25, 0.3) is 0 Å². The number of sulfonamides is 1. The van der Waals surface area contributed by atoms with Gasteiger partial charge in [0.1, 0.15) is 5.75 Å². The fraction of sp³-hybridized carbons (Fsp3) is 0.294. The van der Waals surface area contributed by atoms with E-state index in [2.05, 4.69) is 15.0 Å². The summed E-state index contributed by atoms with van der Waals surface area (Å²) in [4.78, 5) is 16.0. The molecule has 0 saturated carbocycles.